The Balaban J connectivity index is 2.11. The molecule has 2 aliphatic rings. The number of ketones is 2. The second-order valence-corrected chi connectivity index (χ2v) is 7.87. The molecule has 0 saturated heterocycles. The van der Waals surface area contributed by atoms with Crippen molar-refractivity contribution in [1.82, 2.24) is 0 Å². The first-order chi connectivity index (χ1) is 12.2. The highest BCUT2D eigenvalue weighted by atomic mass is 16.3. The van der Waals surface area contributed by atoms with E-state index in [-0.39, 0.29) is 5.78 Å². The van der Waals surface area contributed by atoms with Crippen LogP contribution >= 0.6 is 0 Å². The van der Waals surface area contributed by atoms with Gasteiger partial charge in [-0.25, -0.2) is 0 Å². The molecule has 0 amide bonds. The molecule has 4 heteroatoms. The van der Waals surface area contributed by atoms with E-state index in [1.807, 2.05) is 30.3 Å². The predicted molar refractivity (Wildman–Crippen MR) is 100 cm³/mol. The number of benzene rings is 1. The van der Waals surface area contributed by atoms with Crippen molar-refractivity contribution in [2.75, 3.05) is 0 Å². The van der Waals surface area contributed by atoms with Gasteiger partial charge in [0.05, 0.1) is 5.60 Å². The Bertz CT molecular complexity index is 759. The molecule has 0 bridgehead atoms. The topological polar surface area (TPSA) is 74.6 Å². The van der Waals surface area contributed by atoms with E-state index in [9.17, 15) is 19.8 Å². The summed E-state index contributed by atoms with van der Waals surface area (Å²) in [5.41, 5.74) is -0.929. The van der Waals surface area contributed by atoms with Gasteiger partial charge in [0.2, 0.25) is 0 Å². The maximum absolute atomic E-state index is 13.3. The van der Waals surface area contributed by atoms with E-state index in [2.05, 4.69) is 0 Å². The van der Waals surface area contributed by atoms with Crippen LogP contribution in [0.3, 0.4) is 0 Å². The lowest BCUT2D eigenvalue weighted by molar-refractivity contribution is -0.140. The molecule has 3 rings (SSSR count). The summed E-state index contributed by atoms with van der Waals surface area (Å²) in [5, 5.41) is 21.3. The third-order valence-electron chi connectivity index (χ3n) is 5.38. The molecular weight excluding hydrogens is 328 g/mol. The summed E-state index contributed by atoms with van der Waals surface area (Å²) in [7, 11) is 0. The number of hydrogen-bond acceptors (Lipinski definition) is 4. The van der Waals surface area contributed by atoms with Crippen molar-refractivity contribution in [3.63, 3.8) is 0 Å². The maximum Gasteiger partial charge on any atom is 0.178 e. The minimum atomic E-state index is -1.59. The number of Topliss-reactive ketones (excluding diaryl/α,β-unsaturated/α-hetero) is 2. The lowest BCUT2D eigenvalue weighted by Gasteiger charge is -2.37. The van der Waals surface area contributed by atoms with Crippen LogP contribution in [0.15, 0.2) is 48.1 Å². The minimum Gasteiger partial charge on any atom is -0.385 e. The summed E-state index contributed by atoms with van der Waals surface area (Å²) in [6.07, 6.45) is 7.39. The SMILES string of the molecule is CC(C)(O)C(=O)C1C=CC(C2(O)CCCCC2)=C(c2ccccc2)C1=O. The van der Waals surface area contributed by atoms with Gasteiger partial charge in [-0.1, -0.05) is 61.7 Å². The van der Waals surface area contributed by atoms with Crippen molar-refractivity contribution in [3.8, 4) is 0 Å². The van der Waals surface area contributed by atoms with Gasteiger partial charge in [-0.15, -0.1) is 0 Å². The van der Waals surface area contributed by atoms with Crippen molar-refractivity contribution in [2.24, 2.45) is 5.92 Å². The van der Waals surface area contributed by atoms with E-state index >= 15 is 0 Å². The molecular formula is C22H26O4. The van der Waals surface area contributed by atoms with Crippen molar-refractivity contribution in [1.29, 1.82) is 0 Å². The summed E-state index contributed by atoms with van der Waals surface area (Å²) in [5.74, 6) is -1.90. The number of allylic oxidation sites excluding steroid dienone is 2. The van der Waals surface area contributed by atoms with E-state index in [1.165, 1.54) is 19.9 Å². The number of rotatable bonds is 4. The molecule has 4 nitrogen and oxygen atoms in total. The summed E-state index contributed by atoms with van der Waals surface area (Å²) < 4.78 is 0. The predicted octanol–water partition coefficient (Wildman–Crippen LogP) is 3.23. The van der Waals surface area contributed by atoms with E-state index in [4.69, 9.17) is 0 Å². The molecule has 1 saturated carbocycles. The first kappa shape index (κ1) is 18.7. The first-order valence-electron chi connectivity index (χ1n) is 9.26. The average molecular weight is 354 g/mol. The maximum atomic E-state index is 13.3. The number of carbonyl (C=O) groups excluding carboxylic acids is 2. The van der Waals surface area contributed by atoms with Crippen LogP contribution in [0, 0.1) is 5.92 Å². The van der Waals surface area contributed by atoms with Crippen molar-refractivity contribution in [3.05, 3.63) is 53.6 Å². The molecule has 1 aromatic carbocycles. The zero-order valence-corrected chi connectivity index (χ0v) is 15.4. The molecule has 2 N–H and O–H groups in total. The fraction of sp³-hybridized carbons (Fsp3) is 0.455. The van der Waals surface area contributed by atoms with Gasteiger partial charge in [-0.3, -0.25) is 9.59 Å². The third-order valence-corrected chi connectivity index (χ3v) is 5.38. The second-order valence-electron chi connectivity index (χ2n) is 7.87. The molecule has 26 heavy (non-hydrogen) atoms. The van der Waals surface area contributed by atoms with Gasteiger partial charge in [0.15, 0.2) is 11.6 Å². The van der Waals surface area contributed by atoms with Crippen LogP contribution in [-0.4, -0.2) is 33.0 Å². The molecule has 0 radical (unpaired) electrons. The molecule has 1 fully saturated rings. The van der Waals surface area contributed by atoms with E-state index in [1.54, 1.807) is 6.08 Å². The number of carbonyl (C=O) groups is 2. The van der Waals surface area contributed by atoms with Gasteiger partial charge in [0.25, 0.3) is 0 Å². The Morgan fingerprint density at radius 1 is 1.12 bits per heavy atom. The van der Waals surface area contributed by atoms with E-state index in [0.717, 1.165) is 19.3 Å². The Morgan fingerprint density at radius 2 is 1.73 bits per heavy atom. The van der Waals surface area contributed by atoms with Crippen LogP contribution in [0.4, 0.5) is 0 Å². The van der Waals surface area contributed by atoms with Crippen LogP contribution in [0.2, 0.25) is 0 Å². The highest BCUT2D eigenvalue weighted by molar-refractivity contribution is 6.31. The van der Waals surface area contributed by atoms with Crippen molar-refractivity contribution in [2.45, 2.75) is 57.2 Å². The fourth-order valence-electron chi connectivity index (χ4n) is 3.93. The largest absolute Gasteiger partial charge is 0.385 e. The fourth-order valence-corrected chi connectivity index (χ4v) is 3.93. The van der Waals surface area contributed by atoms with E-state index in [0.29, 0.717) is 29.6 Å². The Morgan fingerprint density at radius 3 is 2.31 bits per heavy atom. The third kappa shape index (κ3) is 3.44. The lowest BCUT2D eigenvalue weighted by Crippen LogP contribution is -2.42. The summed E-state index contributed by atoms with van der Waals surface area (Å²) >= 11 is 0. The second kappa shape index (κ2) is 6.93. The molecule has 1 atom stereocenters. The summed E-state index contributed by atoms with van der Waals surface area (Å²) in [6, 6.07) is 9.18. The average Bonchev–Trinajstić information content (AvgIpc) is 2.61. The lowest BCUT2D eigenvalue weighted by atomic mass is 9.71. The zero-order chi connectivity index (χ0) is 18.9. The molecule has 0 aliphatic heterocycles. The monoisotopic (exact) mass is 354 g/mol. The molecule has 2 aliphatic carbocycles. The van der Waals surface area contributed by atoms with Gasteiger partial charge in [0, 0.05) is 5.57 Å². The number of hydrogen-bond donors (Lipinski definition) is 2. The van der Waals surface area contributed by atoms with Crippen molar-refractivity contribution < 1.29 is 19.8 Å². The van der Waals surface area contributed by atoms with Gasteiger partial charge in [0.1, 0.15) is 11.5 Å². The van der Waals surface area contributed by atoms with Gasteiger partial charge >= 0.3 is 0 Å². The Kier molecular flexibility index (Phi) is 5.00. The standard InChI is InChI=1S/C22H26O4/c1-21(2,25)20(24)16-11-12-17(22(26)13-7-4-8-14-22)18(19(16)23)15-9-5-3-6-10-15/h3,5-6,9-12,16,25-26H,4,7-8,13-14H2,1-2H3. The van der Waals surface area contributed by atoms with E-state index < -0.39 is 22.9 Å². The quantitative estimate of drug-likeness (QED) is 0.814. The van der Waals surface area contributed by atoms with Crippen LogP contribution < -0.4 is 0 Å². The zero-order valence-electron chi connectivity index (χ0n) is 15.4. The highest BCUT2D eigenvalue weighted by Gasteiger charge is 2.43. The summed E-state index contributed by atoms with van der Waals surface area (Å²) in [4.78, 5) is 25.8. The molecule has 0 heterocycles. The molecule has 138 valence electrons. The Hall–Kier alpha value is -2.04. The Labute approximate surface area is 154 Å². The molecule has 1 unspecified atom stereocenters. The van der Waals surface area contributed by atoms with Crippen LogP contribution in [-0.2, 0) is 9.59 Å². The van der Waals surface area contributed by atoms with Gasteiger partial charge in [-0.05, 0) is 37.8 Å². The number of aliphatic hydroxyl groups is 2. The van der Waals surface area contributed by atoms with Crippen LogP contribution in [0.5, 0.6) is 0 Å². The van der Waals surface area contributed by atoms with Gasteiger partial charge in [-0.2, -0.15) is 0 Å². The summed E-state index contributed by atoms with van der Waals surface area (Å²) in [6.45, 7) is 2.79. The molecule has 0 spiro atoms. The smallest absolute Gasteiger partial charge is 0.178 e. The molecule has 0 aromatic heterocycles. The minimum absolute atomic E-state index is 0.347. The van der Waals surface area contributed by atoms with Gasteiger partial charge < -0.3 is 10.2 Å². The normalized spacial score (nSPS) is 23.2. The highest BCUT2D eigenvalue weighted by Crippen LogP contribution is 2.42. The molecule has 1 aromatic rings. The van der Waals surface area contributed by atoms with Crippen LogP contribution in [0.25, 0.3) is 5.57 Å². The first-order valence-corrected chi connectivity index (χ1v) is 9.26. The van der Waals surface area contributed by atoms with Crippen LogP contribution in [0.1, 0.15) is 51.5 Å². The van der Waals surface area contributed by atoms with Crippen molar-refractivity contribution >= 4 is 17.1 Å².